The molecule has 3 heterocycles. The molecule has 8 nitrogen and oxygen atoms in total. The molecular formula is C18H17N5O3S. The topological polar surface area (TPSA) is 113 Å². The molecule has 0 spiro atoms. The summed E-state index contributed by atoms with van der Waals surface area (Å²) in [6.07, 6.45) is 1.69. The number of fused-ring (bicyclic) bond motifs is 3. The van der Waals surface area contributed by atoms with Crippen LogP contribution in [0.15, 0.2) is 47.5 Å². The van der Waals surface area contributed by atoms with Crippen LogP contribution in [0.25, 0.3) is 22.1 Å². The average molecular weight is 383 g/mol. The van der Waals surface area contributed by atoms with Crippen molar-refractivity contribution in [1.82, 2.24) is 19.5 Å². The van der Waals surface area contributed by atoms with Crippen LogP contribution in [0.5, 0.6) is 5.88 Å². The van der Waals surface area contributed by atoms with Crippen LogP contribution in [-0.4, -0.2) is 35.0 Å². The van der Waals surface area contributed by atoms with Gasteiger partial charge in [-0.2, -0.15) is 4.98 Å². The molecule has 4 rings (SSSR count). The summed E-state index contributed by atoms with van der Waals surface area (Å²) in [4.78, 5) is 13.4. The van der Waals surface area contributed by atoms with Crippen molar-refractivity contribution in [2.75, 3.05) is 7.11 Å². The molecule has 0 aliphatic rings. The molecule has 0 unspecified atom stereocenters. The lowest BCUT2D eigenvalue weighted by Gasteiger charge is -2.09. The number of aryl methyl sites for hydroxylation is 1. The minimum Gasteiger partial charge on any atom is -0.481 e. The number of rotatable bonds is 4. The number of hydrogen-bond acceptors (Lipinski definition) is 6. The van der Waals surface area contributed by atoms with Crippen molar-refractivity contribution in [2.24, 2.45) is 5.14 Å². The number of methoxy groups -OCH3 is 1. The first-order valence-corrected chi connectivity index (χ1v) is 9.70. The number of hydrogen-bond donors (Lipinski definition) is 1. The fraction of sp³-hybridized carbons (Fsp3) is 0.167. The summed E-state index contributed by atoms with van der Waals surface area (Å²) in [5, 5.41) is 6.03. The van der Waals surface area contributed by atoms with Gasteiger partial charge in [0.15, 0.2) is 5.65 Å². The van der Waals surface area contributed by atoms with Crippen molar-refractivity contribution in [1.29, 1.82) is 0 Å². The van der Waals surface area contributed by atoms with Gasteiger partial charge in [0.05, 0.1) is 23.7 Å². The summed E-state index contributed by atoms with van der Waals surface area (Å²) in [5.41, 5.74) is 3.19. The van der Waals surface area contributed by atoms with E-state index in [9.17, 15) is 8.42 Å². The number of benzene rings is 1. The average Bonchev–Trinajstić information content (AvgIpc) is 2.96. The van der Waals surface area contributed by atoms with E-state index in [1.807, 2.05) is 13.0 Å². The van der Waals surface area contributed by atoms with E-state index in [-0.39, 0.29) is 4.90 Å². The maximum absolute atomic E-state index is 11.4. The lowest BCUT2D eigenvalue weighted by Crippen LogP contribution is -2.12. The first-order valence-electron chi connectivity index (χ1n) is 8.15. The zero-order valence-corrected chi connectivity index (χ0v) is 15.6. The van der Waals surface area contributed by atoms with E-state index >= 15 is 0 Å². The van der Waals surface area contributed by atoms with Gasteiger partial charge < -0.3 is 9.30 Å². The standard InChI is InChI=1S/C18H17N5O3S/c1-11-21-15-9-20-18-14(7-8-16(22-18)26-2)17(15)23(11)10-12-3-5-13(6-4-12)27(19,24)25/h3-9H,10H2,1-2H3,(H2,19,24,25). The minimum absolute atomic E-state index is 0.0874. The maximum Gasteiger partial charge on any atom is 0.238 e. The molecule has 0 aliphatic heterocycles. The highest BCUT2D eigenvalue weighted by Gasteiger charge is 2.14. The van der Waals surface area contributed by atoms with Crippen LogP contribution >= 0.6 is 0 Å². The molecule has 0 atom stereocenters. The summed E-state index contributed by atoms with van der Waals surface area (Å²) in [7, 11) is -2.15. The number of sulfonamides is 1. The van der Waals surface area contributed by atoms with Crippen molar-refractivity contribution in [2.45, 2.75) is 18.4 Å². The maximum atomic E-state index is 11.4. The molecule has 0 aliphatic carbocycles. The molecule has 0 amide bonds. The molecule has 0 bridgehead atoms. The van der Waals surface area contributed by atoms with Gasteiger partial charge in [-0.25, -0.2) is 23.5 Å². The Morgan fingerprint density at radius 2 is 1.85 bits per heavy atom. The van der Waals surface area contributed by atoms with Gasteiger partial charge in [0, 0.05) is 18.0 Å². The van der Waals surface area contributed by atoms with Crippen LogP contribution in [-0.2, 0) is 16.6 Å². The van der Waals surface area contributed by atoms with Crippen LogP contribution in [0.3, 0.4) is 0 Å². The zero-order chi connectivity index (χ0) is 19.2. The third-order valence-corrected chi connectivity index (χ3v) is 5.33. The molecule has 3 aromatic heterocycles. The molecule has 2 N–H and O–H groups in total. The van der Waals surface area contributed by atoms with Crippen molar-refractivity contribution >= 4 is 32.1 Å². The van der Waals surface area contributed by atoms with E-state index in [0.717, 1.165) is 27.8 Å². The molecule has 0 radical (unpaired) electrons. The smallest absolute Gasteiger partial charge is 0.238 e. The molecule has 0 saturated heterocycles. The van der Waals surface area contributed by atoms with Gasteiger partial charge in [0.1, 0.15) is 11.3 Å². The second-order valence-corrected chi connectivity index (χ2v) is 7.71. The largest absolute Gasteiger partial charge is 0.481 e. The molecule has 1 aromatic carbocycles. The van der Waals surface area contributed by atoms with Crippen molar-refractivity contribution in [3.8, 4) is 5.88 Å². The lowest BCUT2D eigenvalue weighted by atomic mass is 10.2. The number of aromatic nitrogens is 4. The third-order valence-electron chi connectivity index (χ3n) is 4.40. The van der Waals surface area contributed by atoms with Crippen molar-refractivity contribution in [3.05, 3.63) is 54.0 Å². The van der Waals surface area contributed by atoms with E-state index in [1.54, 1.807) is 31.5 Å². The van der Waals surface area contributed by atoms with Gasteiger partial charge in [0.25, 0.3) is 0 Å². The molecule has 27 heavy (non-hydrogen) atoms. The number of imidazole rings is 1. The quantitative estimate of drug-likeness (QED) is 0.577. The summed E-state index contributed by atoms with van der Waals surface area (Å²) >= 11 is 0. The SMILES string of the molecule is COc1ccc2c(ncc3nc(C)n(Cc4ccc(S(N)(=O)=O)cc4)c32)n1. The van der Waals surface area contributed by atoms with E-state index in [0.29, 0.717) is 18.1 Å². The Bertz CT molecular complexity index is 1260. The third kappa shape index (κ3) is 3.11. The Morgan fingerprint density at radius 3 is 2.52 bits per heavy atom. The highest BCUT2D eigenvalue weighted by Crippen LogP contribution is 2.26. The predicted octanol–water partition coefficient (Wildman–Crippen LogP) is 1.99. The van der Waals surface area contributed by atoms with Crippen LogP contribution < -0.4 is 9.88 Å². The number of pyridine rings is 2. The molecule has 0 saturated carbocycles. The highest BCUT2D eigenvalue weighted by atomic mass is 32.2. The fourth-order valence-corrected chi connectivity index (χ4v) is 3.59. The van der Waals surface area contributed by atoms with Crippen LogP contribution in [0.2, 0.25) is 0 Å². The van der Waals surface area contributed by atoms with Crippen LogP contribution in [0.4, 0.5) is 0 Å². The normalized spacial score (nSPS) is 12.0. The van der Waals surface area contributed by atoms with Gasteiger partial charge in [-0.3, -0.25) is 0 Å². The second-order valence-electron chi connectivity index (χ2n) is 6.15. The number of nitrogens with zero attached hydrogens (tertiary/aromatic N) is 4. The number of nitrogens with two attached hydrogens (primary N) is 1. The Morgan fingerprint density at radius 1 is 1.11 bits per heavy atom. The monoisotopic (exact) mass is 383 g/mol. The van der Waals surface area contributed by atoms with Crippen molar-refractivity contribution < 1.29 is 13.2 Å². The lowest BCUT2D eigenvalue weighted by molar-refractivity contribution is 0.399. The highest BCUT2D eigenvalue weighted by molar-refractivity contribution is 7.89. The first-order chi connectivity index (χ1) is 12.9. The fourth-order valence-electron chi connectivity index (χ4n) is 3.07. The molecule has 138 valence electrons. The minimum atomic E-state index is -3.71. The number of ether oxygens (including phenoxy) is 1. The first kappa shape index (κ1) is 17.4. The summed E-state index contributed by atoms with van der Waals surface area (Å²) in [6, 6.07) is 10.2. The van der Waals surface area contributed by atoms with Crippen molar-refractivity contribution in [3.63, 3.8) is 0 Å². The Balaban J connectivity index is 1.83. The second kappa shape index (κ2) is 6.29. The summed E-state index contributed by atoms with van der Waals surface area (Å²) < 4.78 is 30.1. The van der Waals surface area contributed by atoms with Gasteiger partial charge in [0.2, 0.25) is 15.9 Å². The molecular weight excluding hydrogens is 366 g/mol. The van der Waals surface area contributed by atoms with Gasteiger partial charge in [-0.15, -0.1) is 0 Å². The predicted molar refractivity (Wildman–Crippen MR) is 101 cm³/mol. The summed E-state index contributed by atoms with van der Waals surface area (Å²) in [6.45, 7) is 2.44. The van der Waals surface area contributed by atoms with E-state index in [1.165, 1.54) is 12.1 Å². The molecule has 9 heteroatoms. The van der Waals surface area contributed by atoms with E-state index < -0.39 is 10.0 Å². The molecule has 0 fully saturated rings. The Hall–Kier alpha value is -3.04. The molecule has 4 aromatic rings. The number of primary sulfonamides is 1. The van der Waals surface area contributed by atoms with Gasteiger partial charge in [-0.1, -0.05) is 12.1 Å². The van der Waals surface area contributed by atoms with E-state index in [4.69, 9.17) is 9.88 Å². The van der Waals surface area contributed by atoms with Gasteiger partial charge >= 0.3 is 0 Å². The Kier molecular flexibility index (Phi) is 4.05. The van der Waals surface area contributed by atoms with E-state index in [2.05, 4.69) is 19.5 Å². The summed E-state index contributed by atoms with van der Waals surface area (Å²) in [5.74, 6) is 1.32. The van der Waals surface area contributed by atoms with Crippen LogP contribution in [0, 0.1) is 6.92 Å². The van der Waals surface area contributed by atoms with Crippen LogP contribution in [0.1, 0.15) is 11.4 Å². The van der Waals surface area contributed by atoms with Gasteiger partial charge in [-0.05, 0) is 30.7 Å². The Labute approximate surface area is 155 Å². The zero-order valence-electron chi connectivity index (χ0n) is 14.7.